The van der Waals surface area contributed by atoms with Crippen LogP contribution in [-0.2, 0) is 0 Å². The third kappa shape index (κ3) is 2.52. The van der Waals surface area contributed by atoms with E-state index in [0.717, 1.165) is 23.0 Å². The van der Waals surface area contributed by atoms with Crippen molar-refractivity contribution >= 4 is 21.7 Å². The second-order valence-corrected chi connectivity index (χ2v) is 5.62. The number of nitrogen functional groups attached to an aromatic ring is 1. The highest BCUT2D eigenvalue weighted by Crippen LogP contribution is 2.44. The molecule has 2 N–H and O–H groups in total. The summed E-state index contributed by atoms with van der Waals surface area (Å²) in [5, 5.41) is 0. The van der Waals surface area contributed by atoms with Gasteiger partial charge in [-0.1, -0.05) is 24.3 Å². The van der Waals surface area contributed by atoms with Gasteiger partial charge >= 0.3 is 0 Å². The summed E-state index contributed by atoms with van der Waals surface area (Å²) in [7, 11) is 0. The molecule has 0 radical (unpaired) electrons. The molecule has 6 heteroatoms. The largest absolute Gasteiger partial charge is 0.383 e. The van der Waals surface area contributed by atoms with Crippen LogP contribution < -0.4 is 5.73 Å². The minimum Gasteiger partial charge on any atom is -0.383 e. The molecule has 0 bridgehead atoms. The molecular formula is C14H12BrF2N3. The van der Waals surface area contributed by atoms with Crippen molar-refractivity contribution in [3.63, 3.8) is 0 Å². The first-order valence-electron chi connectivity index (χ1n) is 6.27. The Hall–Kier alpha value is -1.56. The van der Waals surface area contributed by atoms with Crippen molar-refractivity contribution in [1.29, 1.82) is 0 Å². The number of rotatable bonds is 3. The molecule has 2 aromatic rings. The first-order chi connectivity index (χ1) is 9.56. The second-order valence-electron chi connectivity index (χ2n) is 4.83. The standard InChI is InChI=1S/C14H12BrF2N3/c15-10-11(7-1-2-7)19-14(20-13(10)18)9-5-3-8(4-6-9)12(16)17/h3-7,12H,1-2H2,(H2,18,19,20). The van der Waals surface area contributed by atoms with Gasteiger partial charge in [0.25, 0.3) is 6.43 Å². The van der Waals surface area contributed by atoms with E-state index in [2.05, 4.69) is 25.9 Å². The molecule has 0 amide bonds. The third-order valence-corrected chi connectivity index (χ3v) is 4.10. The summed E-state index contributed by atoms with van der Waals surface area (Å²) in [6, 6.07) is 5.97. The lowest BCUT2D eigenvalue weighted by Crippen LogP contribution is -2.02. The molecule has 1 aliphatic carbocycles. The van der Waals surface area contributed by atoms with Gasteiger partial charge in [0.1, 0.15) is 5.82 Å². The zero-order valence-electron chi connectivity index (χ0n) is 10.5. The SMILES string of the molecule is Nc1nc(-c2ccc(C(F)F)cc2)nc(C2CC2)c1Br. The zero-order valence-corrected chi connectivity index (χ0v) is 12.1. The molecule has 104 valence electrons. The van der Waals surface area contributed by atoms with Crippen LogP contribution in [-0.4, -0.2) is 9.97 Å². The van der Waals surface area contributed by atoms with Crippen molar-refractivity contribution in [2.75, 3.05) is 5.73 Å². The molecular weight excluding hydrogens is 328 g/mol. The third-order valence-electron chi connectivity index (χ3n) is 3.29. The van der Waals surface area contributed by atoms with Crippen LogP contribution in [0.15, 0.2) is 28.7 Å². The number of nitrogens with two attached hydrogens (primary N) is 1. The maximum absolute atomic E-state index is 12.5. The van der Waals surface area contributed by atoms with Crippen molar-refractivity contribution in [3.05, 3.63) is 40.0 Å². The molecule has 0 saturated heterocycles. The van der Waals surface area contributed by atoms with Crippen LogP contribution in [0.1, 0.15) is 36.4 Å². The highest BCUT2D eigenvalue weighted by Gasteiger charge is 2.29. The van der Waals surface area contributed by atoms with Crippen LogP contribution in [0.3, 0.4) is 0 Å². The molecule has 0 spiro atoms. The summed E-state index contributed by atoms with van der Waals surface area (Å²) in [5.41, 5.74) is 7.47. The summed E-state index contributed by atoms with van der Waals surface area (Å²) in [6.45, 7) is 0. The molecule has 1 heterocycles. The summed E-state index contributed by atoms with van der Waals surface area (Å²) in [6.07, 6.45) is -0.278. The van der Waals surface area contributed by atoms with E-state index >= 15 is 0 Å². The van der Waals surface area contributed by atoms with Gasteiger partial charge in [-0.2, -0.15) is 0 Å². The maximum atomic E-state index is 12.5. The van der Waals surface area contributed by atoms with Crippen molar-refractivity contribution in [3.8, 4) is 11.4 Å². The predicted octanol–water partition coefficient (Wildman–Crippen LogP) is 4.30. The number of benzene rings is 1. The summed E-state index contributed by atoms with van der Waals surface area (Å²) in [4.78, 5) is 8.74. The van der Waals surface area contributed by atoms with Gasteiger partial charge in [0.05, 0.1) is 10.2 Å². The van der Waals surface area contributed by atoms with Crippen LogP contribution in [0, 0.1) is 0 Å². The van der Waals surface area contributed by atoms with Gasteiger partial charge in [-0.05, 0) is 28.8 Å². The highest BCUT2D eigenvalue weighted by molar-refractivity contribution is 9.10. The van der Waals surface area contributed by atoms with E-state index in [-0.39, 0.29) is 5.56 Å². The Labute approximate surface area is 123 Å². The molecule has 1 fully saturated rings. The Morgan fingerprint density at radius 2 is 1.80 bits per heavy atom. The van der Waals surface area contributed by atoms with E-state index in [1.807, 2.05) is 0 Å². The van der Waals surface area contributed by atoms with Gasteiger partial charge in [-0.15, -0.1) is 0 Å². The Morgan fingerprint density at radius 3 is 2.35 bits per heavy atom. The Kier molecular flexibility index (Phi) is 3.41. The summed E-state index contributed by atoms with van der Waals surface area (Å²) >= 11 is 3.41. The van der Waals surface area contributed by atoms with E-state index in [4.69, 9.17) is 5.73 Å². The van der Waals surface area contributed by atoms with E-state index in [0.29, 0.717) is 23.1 Å². The first-order valence-corrected chi connectivity index (χ1v) is 7.07. The topological polar surface area (TPSA) is 51.8 Å². The molecule has 20 heavy (non-hydrogen) atoms. The van der Waals surface area contributed by atoms with E-state index in [1.165, 1.54) is 12.1 Å². The first kappa shape index (κ1) is 13.4. The summed E-state index contributed by atoms with van der Waals surface area (Å²) in [5.74, 6) is 1.29. The lowest BCUT2D eigenvalue weighted by Gasteiger charge is -2.09. The molecule has 0 unspecified atom stereocenters. The van der Waals surface area contributed by atoms with Crippen molar-refractivity contribution in [2.45, 2.75) is 25.2 Å². The lowest BCUT2D eigenvalue weighted by molar-refractivity contribution is 0.151. The number of aromatic nitrogens is 2. The molecule has 1 saturated carbocycles. The molecule has 3 nitrogen and oxygen atoms in total. The van der Waals surface area contributed by atoms with Gasteiger partial charge in [0, 0.05) is 17.0 Å². The molecule has 1 aromatic carbocycles. The quantitative estimate of drug-likeness (QED) is 0.906. The van der Waals surface area contributed by atoms with Crippen LogP contribution in [0.4, 0.5) is 14.6 Å². The number of nitrogens with zero attached hydrogens (tertiary/aromatic N) is 2. The van der Waals surface area contributed by atoms with E-state index in [9.17, 15) is 8.78 Å². The van der Waals surface area contributed by atoms with Gasteiger partial charge in [0.2, 0.25) is 0 Å². The number of hydrogen-bond donors (Lipinski definition) is 1. The highest BCUT2D eigenvalue weighted by atomic mass is 79.9. The zero-order chi connectivity index (χ0) is 14.3. The van der Waals surface area contributed by atoms with E-state index in [1.54, 1.807) is 12.1 Å². The van der Waals surface area contributed by atoms with E-state index < -0.39 is 6.43 Å². The molecule has 0 atom stereocenters. The smallest absolute Gasteiger partial charge is 0.263 e. The van der Waals surface area contributed by atoms with Crippen molar-refractivity contribution in [1.82, 2.24) is 9.97 Å². The normalized spacial score (nSPS) is 14.8. The number of anilines is 1. The monoisotopic (exact) mass is 339 g/mol. The van der Waals surface area contributed by atoms with Gasteiger partial charge < -0.3 is 5.73 Å². The maximum Gasteiger partial charge on any atom is 0.263 e. The minimum atomic E-state index is -2.47. The minimum absolute atomic E-state index is 0.0127. The van der Waals surface area contributed by atoms with Crippen molar-refractivity contribution < 1.29 is 8.78 Å². The molecule has 1 aromatic heterocycles. The van der Waals surface area contributed by atoms with Crippen LogP contribution in [0.5, 0.6) is 0 Å². The van der Waals surface area contributed by atoms with Crippen LogP contribution in [0.25, 0.3) is 11.4 Å². The molecule has 3 rings (SSSR count). The Balaban J connectivity index is 2.01. The number of alkyl halides is 2. The number of hydrogen-bond acceptors (Lipinski definition) is 3. The van der Waals surface area contributed by atoms with Crippen molar-refractivity contribution in [2.24, 2.45) is 0 Å². The van der Waals surface area contributed by atoms with Gasteiger partial charge in [-0.25, -0.2) is 18.7 Å². The van der Waals surface area contributed by atoms with Crippen LogP contribution >= 0.6 is 15.9 Å². The van der Waals surface area contributed by atoms with Crippen LogP contribution in [0.2, 0.25) is 0 Å². The molecule has 1 aliphatic rings. The lowest BCUT2D eigenvalue weighted by atomic mass is 10.1. The summed E-state index contributed by atoms with van der Waals surface area (Å²) < 4.78 is 25.8. The average molecular weight is 340 g/mol. The fourth-order valence-electron chi connectivity index (χ4n) is 2.02. The Bertz CT molecular complexity index is 640. The predicted molar refractivity (Wildman–Crippen MR) is 76.5 cm³/mol. The fourth-order valence-corrected chi connectivity index (χ4v) is 2.52. The molecule has 0 aliphatic heterocycles. The van der Waals surface area contributed by atoms with Gasteiger partial charge in [0.15, 0.2) is 5.82 Å². The van der Waals surface area contributed by atoms with Gasteiger partial charge in [-0.3, -0.25) is 0 Å². The average Bonchev–Trinajstić information content (AvgIpc) is 3.26. The number of halogens is 3. The fraction of sp³-hybridized carbons (Fsp3) is 0.286. The Morgan fingerprint density at radius 1 is 1.15 bits per heavy atom. The second kappa shape index (κ2) is 5.09.